The standard InChI is InChI=1S/C29H29FO7S/c1-5-28(15-8-6-9-16-28)27(32)37-24-22-20(23(36-19(2)31)25(34-3)26(24)35-4)13-12-14-21(22)38(33)29(30)17-10-7-11-18-29/h6-15,17H,5,16,18H2,1-4H3. The number of fused-ring (bicyclic) bond motifs is 1. The topological polar surface area (TPSA) is 94.1 Å². The van der Waals surface area contributed by atoms with E-state index in [0.29, 0.717) is 12.8 Å². The minimum atomic E-state index is -2.25. The molecule has 0 aliphatic heterocycles. The second kappa shape index (κ2) is 11.0. The molecule has 7 nitrogen and oxygen atoms in total. The Kier molecular flexibility index (Phi) is 7.99. The van der Waals surface area contributed by atoms with Crippen LogP contribution >= 0.6 is 0 Å². The maximum atomic E-state index is 15.9. The van der Waals surface area contributed by atoms with E-state index >= 15 is 4.39 Å². The Morgan fingerprint density at radius 3 is 2.16 bits per heavy atom. The second-order valence-corrected chi connectivity index (χ2v) is 10.6. The van der Waals surface area contributed by atoms with Crippen molar-refractivity contribution in [1.29, 1.82) is 0 Å². The highest BCUT2D eigenvalue weighted by Crippen LogP contribution is 2.54. The molecule has 0 amide bonds. The summed E-state index contributed by atoms with van der Waals surface area (Å²) in [5.74, 6) is -1.39. The lowest BCUT2D eigenvalue weighted by Crippen LogP contribution is -2.34. The number of ether oxygens (including phenoxy) is 4. The van der Waals surface area contributed by atoms with E-state index in [9.17, 15) is 14.1 Å². The number of allylic oxidation sites excluding steroid dienone is 6. The minimum Gasteiger partial charge on any atom is -0.609 e. The van der Waals surface area contributed by atoms with Crippen LogP contribution in [0.25, 0.3) is 10.8 Å². The first-order valence-corrected chi connectivity index (χ1v) is 13.3. The Bertz CT molecular complexity index is 1380. The number of hydrogen-bond donors (Lipinski definition) is 0. The van der Waals surface area contributed by atoms with Crippen LogP contribution in [-0.2, 0) is 20.8 Å². The lowest BCUT2D eigenvalue weighted by Gasteiger charge is -2.29. The molecular formula is C29H29FO7S. The molecule has 0 radical (unpaired) electrons. The number of hydrogen-bond acceptors (Lipinski definition) is 7. The highest BCUT2D eigenvalue weighted by Gasteiger charge is 2.44. The fourth-order valence-corrected chi connectivity index (χ4v) is 5.98. The van der Waals surface area contributed by atoms with Gasteiger partial charge in [-0.15, -0.1) is 0 Å². The van der Waals surface area contributed by atoms with Crippen molar-refractivity contribution in [3.63, 3.8) is 0 Å². The molecule has 0 fully saturated rings. The molecule has 3 unspecified atom stereocenters. The number of benzene rings is 2. The summed E-state index contributed by atoms with van der Waals surface area (Å²) in [6, 6.07) is 4.65. The van der Waals surface area contributed by atoms with Crippen LogP contribution in [0.3, 0.4) is 0 Å². The monoisotopic (exact) mass is 540 g/mol. The third-order valence-corrected chi connectivity index (χ3v) is 8.30. The maximum Gasteiger partial charge on any atom is 0.321 e. The molecule has 0 aromatic heterocycles. The third-order valence-electron chi connectivity index (χ3n) is 6.64. The van der Waals surface area contributed by atoms with Crippen LogP contribution in [0, 0.1) is 5.41 Å². The van der Waals surface area contributed by atoms with Gasteiger partial charge in [0.15, 0.2) is 16.4 Å². The Morgan fingerprint density at radius 2 is 1.61 bits per heavy atom. The van der Waals surface area contributed by atoms with Crippen molar-refractivity contribution in [3.8, 4) is 23.0 Å². The van der Waals surface area contributed by atoms with Crippen molar-refractivity contribution >= 4 is 33.9 Å². The van der Waals surface area contributed by atoms with Gasteiger partial charge in [0, 0.05) is 29.6 Å². The summed E-state index contributed by atoms with van der Waals surface area (Å²) in [7, 11) is 2.69. The number of esters is 2. The lowest BCUT2D eigenvalue weighted by atomic mass is 9.79. The van der Waals surface area contributed by atoms with Crippen LogP contribution in [-0.4, -0.2) is 35.7 Å². The first kappa shape index (κ1) is 27.5. The van der Waals surface area contributed by atoms with E-state index in [0.717, 1.165) is 0 Å². The average molecular weight is 541 g/mol. The molecule has 0 heterocycles. The molecule has 0 saturated heterocycles. The van der Waals surface area contributed by atoms with E-state index in [1.54, 1.807) is 36.4 Å². The van der Waals surface area contributed by atoms with Crippen molar-refractivity contribution in [3.05, 3.63) is 66.8 Å². The first-order valence-electron chi connectivity index (χ1n) is 12.1. The largest absolute Gasteiger partial charge is 0.609 e. The summed E-state index contributed by atoms with van der Waals surface area (Å²) in [4.78, 5) is 25.8. The highest BCUT2D eigenvalue weighted by molar-refractivity contribution is 7.93. The van der Waals surface area contributed by atoms with Crippen LogP contribution in [0.4, 0.5) is 4.39 Å². The first-order chi connectivity index (χ1) is 18.2. The van der Waals surface area contributed by atoms with Crippen LogP contribution in [0.15, 0.2) is 71.7 Å². The lowest BCUT2D eigenvalue weighted by molar-refractivity contribution is -0.143. The molecule has 4 rings (SSSR count). The zero-order chi connectivity index (χ0) is 27.5. The van der Waals surface area contributed by atoms with E-state index in [2.05, 4.69) is 0 Å². The number of alkyl halides is 1. The van der Waals surface area contributed by atoms with Crippen LogP contribution in [0.5, 0.6) is 23.0 Å². The van der Waals surface area contributed by atoms with Crippen molar-refractivity contribution in [2.75, 3.05) is 14.2 Å². The Morgan fingerprint density at radius 1 is 0.947 bits per heavy atom. The molecule has 0 N–H and O–H groups in total. The molecular weight excluding hydrogens is 511 g/mol. The fourth-order valence-electron chi connectivity index (χ4n) is 4.58. The molecule has 2 aromatic carbocycles. The van der Waals surface area contributed by atoms with Gasteiger partial charge in [-0.1, -0.05) is 55.5 Å². The molecule has 3 atom stereocenters. The van der Waals surface area contributed by atoms with Gasteiger partial charge >= 0.3 is 11.9 Å². The summed E-state index contributed by atoms with van der Waals surface area (Å²) in [5, 5.41) is -1.84. The van der Waals surface area contributed by atoms with Gasteiger partial charge in [-0.2, -0.15) is 4.39 Å². The van der Waals surface area contributed by atoms with Gasteiger partial charge in [0.05, 0.1) is 31.4 Å². The zero-order valence-electron chi connectivity index (χ0n) is 21.6. The number of carbonyl (C=O) groups excluding carboxylic acids is 2. The van der Waals surface area contributed by atoms with Crippen molar-refractivity contribution in [2.24, 2.45) is 5.41 Å². The zero-order valence-corrected chi connectivity index (χ0v) is 22.4. The Balaban J connectivity index is 2.02. The van der Waals surface area contributed by atoms with E-state index in [-0.39, 0.29) is 45.1 Å². The molecule has 0 saturated carbocycles. The van der Waals surface area contributed by atoms with Gasteiger partial charge in [-0.25, -0.2) is 0 Å². The molecule has 9 heteroatoms. The summed E-state index contributed by atoms with van der Waals surface area (Å²) in [5.41, 5.74) is -0.944. The summed E-state index contributed by atoms with van der Waals surface area (Å²) >= 11 is -2.25. The quantitative estimate of drug-likeness (QED) is 0.234. The smallest absolute Gasteiger partial charge is 0.321 e. The van der Waals surface area contributed by atoms with Gasteiger partial charge in [-0.05, 0) is 25.0 Å². The second-order valence-electron chi connectivity index (χ2n) is 8.93. The number of rotatable bonds is 8. The SMILES string of the molecule is CCC1(C(=O)Oc2c(OC)c(OC)c(OC(C)=O)c3cccc([S+]([O-])C4(F)C=CC=CC4)c23)C=CC=CC1. The molecule has 0 bridgehead atoms. The van der Waals surface area contributed by atoms with Crippen LogP contribution in [0.1, 0.15) is 33.1 Å². The van der Waals surface area contributed by atoms with Crippen LogP contribution in [0.2, 0.25) is 0 Å². The van der Waals surface area contributed by atoms with E-state index in [4.69, 9.17) is 18.9 Å². The minimum absolute atomic E-state index is 0.000945. The molecule has 38 heavy (non-hydrogen) atoms. The summed E-state index contributed by atoms with van der Waals surface area (Å²) in [6.07, 6.45) is 14.1. The van der Waals surface area contributed by atoms with Crippen molar-refractivity contribution in [1.82, 2.24) is 0 Å². The van der Waals surface area contributed by atoms with Crippen molar-refractivity contribution < 1.29 is 37.5 Å². The van der Waals surface area contributed by atoms with Gasteiger partial charge in [0.25, 0.3) is 5.00 Å². The molecule has 0 spiro atoms. The number of methoxy groups -OCH3 is 2. The molecule has 2 aromatic rings. The van der Waals surface area contributed by atoms with Crippen LogP contribution < -0.4 is 18.9 Å². The molecule has 200 valence electrons. The van der Waals surface area contributed by atoms with Gasteiger partial charge in [0.1, 0.15) is 0 Å². The third kappa shape index (κ3) is 4.83. The van der Waals surface area contributed by atoms with E-state index < -0.39 is 33.5 Å². The number of halogens is 1. The van der Waals surface area contributed by atoms with Gasteiger partial charge < -0.3 is 23.5 Å². The van der Waals surface area contributed by atoms with Gasteiger partial charge in [-0.3, -0.25) is 9.59 Å². The number of carbonyl (C=O) groups is 2. The predicted octanol–water partition coefficient (Wildman–Crippen LogP) is 5.89. The maximum absolute atomic E-state index is 15.9. The summed E-state index contributed by atoms with van der Waals surface area (Å²) < 4.78 is 52.4. The fraction of sp³-hybridized carbons (Fsp3) is 0.310. The predicted molar refractivity (Wildman–Crippen MR) is 143 cm³/mol. The molecule has 2 aliphatic carbocycles. The van der Waals surface area contributed by atoms with Crippen molar-refractivity contribution in [2.45, 2.75) is 43.0 Å². The van der Waals surface area contributed by atoms with E-state index in [1.165, 1.54) is 39.4 Å². The Hall–Kier alpha value is -3.56. The highest BCUT2D eigenvalue weighted by atomic mass is 32.2. The van der Waals surface area contributed by atoms with E-state index in [1.807, 2.05) is 19.1 Å². The molecule has 2 aliphatic rings. The van der Waals surface area contributed by atoms with Gasteiger partial charge in [0.2, 0.25) is 11.5 Å². The Labute approximate surface area is 223 Å². The average Bonchev–Trinajstić information content (AvgIpc) is 2.93. The normalized spacial score (nSPS) is 22.8. The summed E-state index contributed by atoms with van der Waals surface area (Å²) in [6.45, 7) is 3.10.